The molecule has 4 nitrogen and oxygen atoms in total. The maximum Gasteiger partial charge on any atom is 0.238 e. The third-order valence-electron chi connectivity index (χ3n) is 3.62. The molecule has 1 heterocycles. The number of rotatable bonds is 3. The van der Waals surface area contributed by atoms with Gasteiger partial charge in [-0.05, 0) is 43.0 Å². The largest absolute Gasteiger partial charge is 0.342 e. The maximum atomic E-state index is 12.2. The highest BCUT2D eigenvalue weighted by Gasteiger charge is 2.25. The van der Waals surface area contributed by atoms with Gasteiger partial charge in [-0.2, -0.15) is 0 Å². The normalized spacial score (nSPS) is 17.2. The van der Waals surface area contributed by atoms with E-state index in [1.54, 1.807) is 17.0 Å². The minimum atomic E-state index is -3.55. The summed E-state index contributed by atoms with van der Waals surface area (Å²) in [6.07, 6.45) is 1.90. The van der Waals surface area contributed by atoms with Gasteiger partial charge in [0.2, 0.25) is 5.91 Å². The molecular formula is C14H18BrNO3S. The number of piperidine rings is 1. The predicted molar refractivity (Wildman–Crippen MR) is 81.2 cm³/mol. The van der Waals surface area contributed by atoms with E-state index >= 15 is 0 Å². The highest BCUT2D eigenvalue weighted by atomic mass is 79.9. The van der Waals surface area contributed by atoms with Crippen LogP contribution < -0.4 is 0 Å². The summed E-state index contributed by atoms with van der Waals surface area (Å²) in [6, 6.07) is 6.37. The molecule has 0 aliphatic carbocycles. The van der Waals surface area contributed by atoms with Gasteiger partial charge in [0.25, 0.3) is 0 Å². The Morgan fingerprint density at radius 2 is 1.80 bits per heavy atom. The first-order valence-corrected chi connectivity index (χ1v) is 9.09. The molecule has 0 atom stereocenters. The molecule has 20 heavy (non-hydrogen) atoms. The first-order valence-electron chi connectivity index (χ1n) is 6.64. The Balaban J connectivity index is 2.04. The lowest BCUT2D eigenvalue weighted by atomic mass is 9.99. The third-order valence-corrected chi connectivity index (χ3v) is 5.77. The van der Waals surface area contributed by atoms with Crippen molar-refractivity contribution in [2.75, 3.05) is 18.8 Å². The van der Waals surface area contributed by atoms with E-state index in [1.807, 2.05) is 0 Å². The second kappa shape index (κ2) is 6.26. The van der Waals surface area contributed by atoms with Crippen LogP contribution in [0.5, 0.6) is 0 Å². The summed E-state index contributed by atoms with van der Waals surface area (Å²) in [5.41, 5.74) is 0. The van der Waals surface area contributed by atoms with E-state index < -0.39 is 15.6 Å². The van der Waals surface area contributed by atoms with Gasteiger partial charge in [-0.25, -0.2) is 8.42 Å². The van der Waals surface area contributed by atoms with E-state index in [0.717, 1.165) is 17.3 Å². The van der Waals surface area contributed by atoms with Gasteiger partial charge in [0.15, 0.2) is 9.84 Å². The van der Waals surface area contributed by atoms with E-state index in [4.69, 9.17) is 0 Å². The van der Waals surface area contributed by atoms with Crippen LogP contribution in [0, 0.1) is 5.92 Å². The van der Waals surface area contributed by atoms with Crippen LogP contribution in [-0.4, -0.2) is 38.1 Å². The zero-order valence-corrected chi connectivity index (χ0v) is 13.8. The SMILES string of the molecule is CC1CCN(C(=O)CS(=O)(=O)c2ccc(Br)cc2)CC1. The number of halogens is 1. The van der Waals surface area contributed by atoms with E-state index in [9.17, 15) is 13.2 Å². The van der Waals surface area contributed by atoms with Gasteiger partial charge in [-0.1, -0.05) is 22.9 Å². The molecule has 2 rings (SSSR count). The first kappa shape index (κ1) is 15.5. The third kappa shape index (κ3) is 3.82. The van der Waals surface area contributed by atoms with Gasteiger partial charge in [-0.15, -0.1) is 0 Å². The minimum absolute atomic E-state index is 0.194. The maximum absolute atomic E-state index is 12.2. The number of carbonyl (C=O) groups excluding carboxylic acids is 1. The van der Waals surface area contributed by atoms with Crippen LogP contribution in [0.2, 0.25) is 0 Å². The van der Waals surface area contributed by atoms with Gasteiger partial charge in [0.05, 0.1) is 4.90 Å². The molecule has 0 aromatic heterocycles. The second-order valence-electron chi connectivity index (χ2n) is 5.28. The molecule has 1 amide bonds. The molecule has 1 fully saturated rings. The lowest BCUT2D eigenvalue weighted by molar-refractivity contribution is -0.129. The fourth-order valence-corrected chi connectivity index (χ4v) is 3.73. The number of likely N-dealkylation sites (tertiary alicyclic amines) is 1. The van der Waals surface area contributed by atoms with Gasteiger partial charge in [0, 0.05) is 17.6 Å². The summed E-state index contributed by atoms with van der Waals surface area (Å²) in [5, 5.41) is 0. The number of benzene rings is 1. The molecule has 0 saturated carbocycles. The average Bonchev–Trinajstić information content (AvgIpc) is 2.39. The molecule has 1 aliphatic rings. The molecule has 1 aliphatic heterocycles. The van der Waals surface area contributed by atoms with Crippen molar-refractivity contribution in [2.45, 2.75) is 24.7 Å². The number of hydrogen-bond acceptors (Lipinski definition) is 3. The summed E-state index contributed by atoms with van der Waals surface area (Å²) >= 11 is 3.26. The average molecular weight is 360 g/mol. The lowest BCUT2D eigenvalue weighted by Crippen LogP contribution is -2.41. The summed E-state index contributed by atoms with van der Waals surface area (Å²) in [4.78, 5) is 14.0. The number of hydrogen-bond donors (Lipinski definition) is 0. The van der Waals surface area contributed by atoms with Crippen molar-refractivity contribution in [3.05, 3.63) is 28.7 Å². The van der Waals surface area contributed by atoms with Gasteiger partial charge >= 0.3 is 0 Å². The number of sulfone groups is 1. The zero-order valence-electron chi connectivity index (χ0n) is 11.4. The van der Waals surface area contributed by atoms with Crippen molar-refractivity contribution in [1.29, 1.82) is 0 Å². The van der Waals surface area contributed by atoms with Gasteiger partial charge in [0.1, 0.15) is 5.75 Å². The molecule has 0 spiro atoms. The number of nitrogens with zero attached hydrogens (tertiary/aromatic N) is 1. The van der Waals surface area contributed by atoms with Crippen LogP contribution in [-0.2, 0) is 14.6 Å². The Hall–Kier alpha value is -0.880. The molecule has 0 N–H and O–H groups in total. The van der Waals surface area contributed by atoms with Crippen molar-refractivity contribution >= 4 is 31.7 Å². The monoisotopic (exact) mass is 359 g/mol. The summed E-state index contributed by atoms with van der Waals surface area (Å²) in [7, 11) is -3.55. The van der Waals surface area contributed by atoms with Crippen LogP contribution >= 0.6 is 15.9 Å². The topological polar surface area (TPSA) is 54.5 Å². The summed E-state index contributed by atoms with van der Waals surface area (Å²) < 4.78 is 25.2. The van der Waals surface area contributed by atoms with Crippen molar-refractivity contribution in [2.24, 2.45) is 5.92 Å². The Labute approximate surface area is 128 Å². The Morgan fingerprint density at radius 3 is 2.35 bits per heavy atom. The van der Waals surface area contributed by atoms with E-state index in [-0.39, 0.29) is 10.8 Å². The molecule has 0 radical (unpaired) electrons. The van der Waals surface area contributed by atoms with Crippen LogP contribution in [0.15, 0.2) is 33.6 Å². The quantitative estimate of drug-likeness (QED) is 0.832. The highest BCUT2D eigenvalue weighted by Crippen LogP contribution is 2.19. The van der Waals surface area contributed by atoms with Crippen molar-refractivity contribution in [3.63, 3.8) is 0 Å². The first-order chi connectivity index (χ1) is 9.38. The number of carbonyl (C=O) groups is 1. The van der Waals surface area contributed by atoms with Gasteiger partial charge < -0.3 is 4.90 Å². The van der Waals surface area contributed by atoms with Crippen LogP contribution in [0.4, 0.5) is 0 Å². The molecule has 1 aromatic carbocycles. The van der Waals surface area contributed by atoms with Crippen LogP contribution in [0.3, 0.4) is 0 Å². The fraction of sp³-hybridized carbons (Fsp3) is 0.500. The molecular weight excluding hydrogens is 342 g/mol. The highest BCUT2D eigenvalue weighted by molar-refractivity contribution is 9.10. The standard InChI is InChI=1S/C14H18BrNO3S/c1-11-6-8-16(9-7-11)14(17)10-20(18,19)13-4-2-12(15)3-5-13/h2-5,11H,6-10H2,1H3. The molecule has 1 aromatic rings. The van der Waals surface area contributed by atoms with Crippen molar-refractivity contribution < 1.29 is 13.2 Å². The molecule has 6 heteroatoms. The molecule has 1 saturated heterocycles. The van der Waals surface area contributed by atoms with E-state index in [1.165, 1.54) is 12.1 Å². The van der Waals surface area contributed by atoms with Gasteiger partial charge in [-0.3, -0.25) is 4.79 Å². The molecule has 0 unspecified atom stereocenters. The predicted octanol–water partition coefficient (Wildman–Crippen LogP) is 2.48. The molecule has 110 valence electrons. The van der Waals surface area contributed by atoms with Crippen molar-refractivity contribution in [3.8, 4) is 0 Å². The fourth-order valence-electron chi connectivity index (χ4n) is 2.24. The lowest BCUT2D eigenvalue weighted by Gasteiger charge is -2.30. The number of amides is 1. The zero-order chi connectivity index (χ0) is 14.8. The van der Waals surface area contributed by atoms with Crippen molar-refractivity contribution in [1.82, 2.24) is 4.90 Å². The minimum Gasteiger partial charge on any atom is -0.342 e. The Morgan fingerprint density at radius 1 is 1.25 bits per heavy atom. The Kier molecular flexibility index (Phi) is 4.86. The molecule has 0 bridgehead atoms. The summed E-state index contributed by atoms with van der Waals surface area (Å²) in [6.45, 7) is 3.48. The Bertz CT molecular complexity index is 575. The second-order valence-corrected chi connectivity index (χ2v) is 8.18. The van der Waals surface area contributed by atoms with Crippen LogP contribution in [0.25, 0.3) is 0 Å². The van der Waals surface area contributed by atoms with Crippen LogP contribution in [0.1, 0.15) is 19.8 Å². The van der Waals surface area contributed by atoms with E-state index in [2.05, 4.69) is 22.9 Å². The smallest absolute Gasteiger partial charge is 0.238 e. The summed E-state index contributed by atoms with van der Waals surface area (Å²) in [5.74, 6) is -0.120. The van der Waals surface area contributed by atoms with E-state index in [0.29, 0.717) is 19.0 Å².